The van der Waals surface area contributed by atoms with Gasteiger partial charge in [0, 0.05) is 11.5 Å². The SMILES string of the molecule is CCOC(=O)[C@@]12c3ccccc3O[C@@H]1[C@H]2c1ccccc1. The van der Waals surface area contributed by atoms with Crippen LogP contribution in [0.15, 0.2) is 54.6 Å². The Hall–Kier alpha value is -2.29. The van der Waals surface area contributed by atoms with Crippen LogP contribution in [0.25, 0.3) is 0 Å². The first-order valence-corrected chi connectivity index (χ1v) is 7.28. The molecule has 106 valence electrons. The zero-order chi connectivity index (χ0) is 14.4. The smallest absolute Gasteiger partial charge is 0.321 e. The number of hydrogen-bond donors (Lipinski definition) is 0. The van der Waals surface area contributed by atoms with Crippen LogP contribution < -0.4 is 4.74 Å². The van der Waals surface area contributed by atoms with Gasteiger partial charge in [0.15, 0.2) is 0 Å². The fourth-order valence-corrected chi connectivity index (χ4v) is 3.59. The first-order valence-electron chi connectivity index (χ1n) is 7.28. The number of carbonyl (C=O) groups is 1. The molecule has 0 saturated heterocycles. The minimum Gasteiger partial charge on any atom is -0.488 e. The van der Waals surface area contributed by atoms with Crippen molar-refractivity contribution in [1.29, 1.82) is 0 Å². The van der Waals surface area contributed by atoms with E-state index in [9.17, 15) is 4.79 Å². The number of esters is 1. The van der Waals surface area contributed by atoms with Crippen LogP contribution >= 0.6 is 0 Å². The quantitative estimate of drug-likeness (QED) is 0.811. The van der Waals surface area contributed by atoms with Crippen molar-refractivity contribution in [3.8, 4) is 5.75 Å². The Morgan fingerprint density at radius 2 is 1.86 bits per heavy atom. The molecule has 3 heteroatoms. The number of rotatable bonds is 3. The Morgan fingerprint density at radius 1 is 1.14 bits per heavy atom. The number of para-hydroxylation sites is 1. The lowest BCUT2D eigenvalue weighted by atomic mass is 9.90. The molecule has 2 aliphatic rings. The van der Waals surface area contributed by atoms with E-state index in [2.05, 4.69) is 12.1 Å². The number of fused-ring (bicyclic) bond motifs is 3. The van der Waals surface area contributed by atoms with Crippen LogP contribution in [0.5, 0.6) is 5.75 Å². The molecule has 0 spiro atoms. The predicted molar refractivity (Wildman–Crippen MR) is 78.4 cm³/mol. The Bertz CT molecular complexity index is 695. The third-order valence-electron chi connectivity index (χ3n) is 4.49. The number of carbonyl (C=O) groups excluding carboxylic acids is 1. The van der Waals surface area contributed by atoms with Gasteiger partial charge in [-0.15, -0.1) is 0 Å². The van der Waals surface area contributed by atoms with Crippen molar-refractivity contribution in [1.82, 2.24) is 0 Å². The maximum Gasteiger partial charge on any atom is 0.321 e. The minimum absolute atomic E-state index is 0.0487. The fraction of sp³-hybridized carbons (Fsp3) is 0.278. The highest BCUT2D eigenvalue weighted by Crippen LogP contribution is 2.68. The molecule has 0 unspecified atom stereocenters. The van der Waals surface area contributed by atoms with Crippen LogP contribution in [0, 0.1) is 0 Å². The van der Waals surface area contributed by atoms with E-state index in [1.165, 1.54) is 0 Å². The number of ether oxygens (including phenoxy) is 2. The van der Waals surface area contributed by atoms with Crippen molar-refractivity contribution in [3.05, 3.63) is 65.7 Å². The van der Waals surface area contributed by atoms with E-state index in [-0.39, 0.29) is 18.0 Å². The Labute approximate surface area is 123 Å². The van der Waals surface area contributed by atoms with Crippen molar-refractivity contribution >= 4 is 5.97 Å². The summed E-state index contributed by atoms with van der Waals surface area (Å²) in [6.07, 6.45) is -0.142. The summed E-state index contributed by atoms with van der Waals surface area (Å²) in [7, 11) is 0. The Kier molecular flexibility index (Phi) is 2.58. The third-order valence-corrected chi connectivity index (χ3v) is 4.49. The summed E-state index contributed by atoms with van der Waals surface area (Å²) in [6, 6.07) is 17.9. The molecule has 4 rings (SSSR count). The monoisotopic (exact) mass is 280 g/mol. The second-order valence-electron chi connectivity index (χ2n) is 5.51. The van der Waals surface area contributed by atoms with Gasteiger partial charge in [-0.1, -0.05) is 48.5 Å². The second kappa shape index (κ2) is 4.35. The molecule has 2 aromatic rings. The average Bonchev–Trinajstić information content (AvgIpc) is 3.06. The van der Waals surface area contributed by atoms with Gasteiger partial charge in [-0.05, 0) is 18.6 Å². The molecule has 1 aliphatic carbocycles. The van der Waals surface area contributed by atoms with Crippen LogP contribution in [0.4, 0.5) is 0 Å². The van der Waals surface area contributed by atoms with E-state index in [4.69, 9.17) is 9.47 Å². The fourth-order valence-electron chi connectivity index (χ4n) is 3.59. The molecule has 0 N–H and O–H groups in total. The van der Waals surface area contributed by atoms with E-state index in [1.807, 2.05) is 49.4 Å². The molecular formula is C18H16O3. The standard InChI is InChI=1S/C18H16O3/c1-2-20-17(19)18-13-10-6-7-11-14(13)21-16(18)15(18)12-8-4-3-5-9-12/h3-11,15-16H,2H2,1H3/t15-,16-,18-/m1/s1. The summed E-state index contributed by atoms with van der Waals surface area (Å²) in [5, 5.41) is 0. The van der Waals surface area contributed by atoms with Gasteiger partial charge in [0.25, 0.3) is 0 Å². The summed E-state index contributed by atoms with van der Waals surface area (Å²) in [5.74, 6) is 0.684. The van der Waals surface area contributed by atoms with Gasteiger partial charge in [0.2, 0.25) is 0 Å². The van der Waals surface area contributed by atoms with Crippen LogP contribution in [0.2, 0.25) is 0 Å². The first kappa shape index (κ1) is 12.5. The summed E-state index contributed by atoms with van der Waals surface area (Å²) < 4.78 is 11.4. The first-order chi connectivity index (χ1) is 10.3. The van der Waals surface area contributed by atoms with E-state index >= 15 is 0 Å². The molecule has 3 nitrogen and oxygen atoms in total. The molecule has 1 fully saturated rings. The van der Waals surface area contributed by atoms with E-state index < -0.39 is 5.41 Å². The predicted octanol–water partition coefficient (Wildman–Crippen LogP) is 3.05. The molecule has 1 aliphatic heterocycles. The van der Waals surface area contributed by atoms with Crippen LogP contribution in [-0.4, -0.2) is 18.7 Å². The van der Waals surface area contributed by atoms with Gasteiger partial charge in [0.05, 0.1) is 6.61 Å². The minimum atomic E-state index is -0.659. The van der Waals surface area contributed by atoms with Gasteiger partial charge in [-0.25, -0.2) is 0 Å². The lowest BCUT2D eigenvalue weighted by molar-refractivity contribution is -0.146. The molecule has 0 aromatic heterocycles. The largest absolute Gasteiger partial charge is 0.488 e. The number of hydrogen-bond acceptors (Lipinski definition) is 3. The van der Waals surface area contributed by atoms with Crippen molar-refractivity contribution < 1.29 is 14.3 Å². The summed E-state index contributed by atoms with van der Waals surface area (Å²) in [5.41, 5.74) is 1.43. The Morgan fingerprint density at radius 3 is 2.62 bits per heavy atom. The molecule has 0 bridgehead atoms. The van der Waals surface area contributed by atoms with Crippen LogP contribution in [0.1, 0.15) is 24.0 Å². The van der Waals surface area contributed by atoms with Crippen LogP contribution in [0.3, 0.4) is 0 Å². The highest BCUT2D eigenvalue weighted by atomic mass is 16.5. The normalized spacial score (nSPS) is 28.2. The van der Waals surface area contributed by atoms with Crippen molar-refractivity contribution in [3.63, 3.8) is 0 Å². The zero-order valence-electron chi connectivity index (χ0n) is 11.8. The topological polar surface area (TPSA) is 35.5 Å². The summed E-state index contributed by atoms with van der Waals surface area (Å²) in [6.45, 7) is 2.22. The lowest BCUT2D eigenvalue weighted by Gasteiger charge is -2.15. The molecule has 3 atom stereocenters. The molecular weight excluding hydrogens is 264 g/mol. The molecule has 0 radical (unpaired) electrons. The Balaban J connectivity index is 1.82. The zero-order valence-corrected chi connectivity index (χ0v) is 11.8. The average molecular weight is 280 g/mol. The summed E-state index contributed by atoms with van der Waals surface area (Å²) >= 11 is 0. The van der Waals surface area contributed by atoms with Gasteiger partial charge in [-0.3, -0.25) is 4.79 Å². The van der Waals surface area contributed by atoms with Gasteiger partial charge in [-0.2, -0.15) is 0 Å². The van der Waals surface area contributed by atoms with E-state index in [0.29, 0.717) is 6.61 Å². The molecule has 1 heterocycles. The van der Waals surface area contributed by atoms with E-state index in [1.54, 1.807) is 0 Å². The molecule has 1 saturated carbocycles. The van der Waals surface area contributed by atoms with Crippen molar-refractivity contribution in [2.45, 2.75) is 24.4 Å². The molecule has 2 aromatic carbocycles. The van der Waals surface area contributed by atoms with Gasteiger partial charge in [0.1, 0.15) is 17.3 Å². The highest BCUT2D eigenvalue weighted by molar-refractivity contribution is 5.93. The molecule has 21 heavy (non-hydrogen) atoms. The highest BCUT2D eigenvalue weighted by Gasteiger charge is 2.78. The molecule has 0 amide bonds. The van der Waals surface area contributed by atoms with Gasteiger partial charge < -0.3 is 9.47 Å². The summed E-state index contributed by atoms with van der Waals surface area (Å²) in [4.78, 5) is 12.7. The second-order valence-corrected chi connectivity index (χ2v) is 5.51. The van der Waals surface area contributed by atoms with Crippen LogP contribution in [-0.2, 0) is 14.9 Å². The lowest BCUT2D eigenvalue weighted by Crippen LogP contribution is -2.26. The van der Waals surface area contributed by atoms with Crippen molar-refractivity contribution in [2.75, 3.05) is 6.61 Å². The van der Waals surface area contributed by atoms with Gasteiger partial charge >= 0.3 is 5.97 Å². The van der Waals surface area contributed by atoms with Crippen molar-refractivity contribution in [2.24, 2.45) is 0 Å². The number of benzene rings is 2. The van der Waals surface area contributed by atoms with E-state index in [0.717, 1.165) is 16.9 Å². The maximum atomic E-state index is 12.7. The maximum absolute atomic E-state index is 12.7. The third kappa shape index (κ3) is 1.52.